The zero-order chi connectivity index (χ0) is 22.6. The third-order valence-electron chi connectivity index (χ3n) is 4.82. The number of hydrogen-bond donors (Lipinski definition) is 3. The lowest BCUT2D eigenvalue weighted by Crippen LogP contribution is -2.41. The molecule has 0 radical (unpaired) electrons. The average Bonchev–Trinajstić information content (AvgIpc) is 2.76. The van der Waals surface area contributed by atoms with Crippen LogP contribution < -0.4 is 20.9 Å². The fraction of sp³-hybridized carbons (Fsp3) is 0.375. The zero-order valence-corrected chi connectivity index (χ0v) is 18.4. The summed E-state index contributed by atoms with van der Waals surface area (Å²) in [5.74, 6) is -0.448. The maximum Gasteiger partial charge on any atom is 0.269 e. The number of hydrazine groups is 1. The fourth-order valence-electron chi connectivity index (χ4n) is 2.78. The number of carbonyl (C=O) groups is 3. The third-order valence-corrected chi connectivity index (χ3v) is 4.82. The van der Waals surface area contributed by atoms with Gasteiger partial charge in [0.25, 0.3) is 5.91 Å². The predicted molar refractivity (Wildman–Crippen MR) is 121 cm³/mol. The van der Waals surface area contributed by atoms with E-state index in [9.17, 15) is 14.4 Å². The van der Waals surface area contributed by atoms with E-state index in [0.29, 0.717) is 23.6 Å². The monoisotopic (exact) mass is 425 g/mol. The SMILES string of the molecule is CCCCCOc1ccc(C(=O)NNC(=O)CCC(=O)Nc2ccc(C)c(C)c2)cc1. The van der Waals surface area contributed by atoms with Gasteiger partial charge in [0.1, 0.15) is 5.75 Å². The summed E-state index contributed by atoms with van der Waals surface area (Å²) in [6.07, 6.45) is 3.21. The molecule has 0 atom stereocenters. The van der Waals surface area contributed by atoms with Crippen LogP contribution in [-0.4, -0.2) is 24.3 Å². The van der Waals surface area contributed by atoms with E-state index >= 15 is 0 Å². The predicted octanol–water partition coefficient (Wildman–Crippen LogP) is 4.05. The maximum atomic E-state index is 12.2. The highest BCUT2D eigenvalue weighted by atomic mass is 16.5. The van der Waals surface area contributed by atoms with Gasteiger partial charge in [0.15, 0.2) is 0 Å². The number of amides is 3. The van der Waals surface area contributed by atoms with Gasteiger partial charge in [0.05, 0.1) is 6.61 Å². The zero-order valence-electron chi connectivity index (χ0n) is 18.4. The van der Waals surface area contributed by atoms with E-state index in [-0.39, 0.29) is 18.7 Å². The van der Waals surface area contributed by atoms with Gasteiger partial charge in [-0.1, -0.05) is 25.8 Å². The number of rotatable bonds is 10. The Morgan fingerprint density at radius 1 is 0.839 bits per heavy atom. The first-order valence-electron chi connectivity index (χ1n) is 10.6. The van der Waals surface area contributed by atoms with Crippen LogP contribution in [0.25, 0.3) is 0 Å². The van der Waals surface area contributed by atoms with E-state index in [1.165, 1.54) is 0 Å². The van der Waals surface area contributed by atoms with Gasteiger partial charge in [-0.2, -0.15) is 0 Å². The van der Waals surface area contributed by atoms with Crippen molar-refractivity contribution in [2.45, 2.75) is 52.9 Å². The molecule has 166 valence electrons. The van der Waals surface area contributed by atoms with Gasteiger partial charge in [0.2, 0.25) is 11.8 Å². The van der Waals surface area contributed by atoms with Crippen LogP contribution >= 0.6 is 0 Å². The van der Waals surface area contributed by atoms with Crippen molar-refractivity contribution in [2.24, 2.45) is 0 Å². The van der Waals surface area contributed by atoms with Crippen LogP contribution in [0.15, 0.2) is 42.5 Å². The van der Waals surface area contributed by atoms with Crippen molar-refractivity contribution < 1.29 is 19.1 Å². The molecule has 0 aromatic heterocycles. The molecule has 2 aromatic carbocycles. The third kappa shape index (κ3) is 8.50. The molecule has 7 heteroatoms. The highest BCUT2D eigenvalue weighted by Gasteiger charge is 2.10. The second kappa shape index (κ2) is 12.4. The highest BCUT2D eigenvalue weighted by molar-refractivity contribution is 5.96. The second-order valence-corrected chi connectivity index (χ2v) is 7.43. The van der Waals surface area contributed by atoms with E-state index < -0.39 is 11.8 Å². The molecular weight excluding hydrogens is 394 g/mol. The molecule has 31 heavy (non-hydrogen) atoms. The number of unbranched alkanes of at least 4 members (excludes halogenated alkanes) is 2. The topological polar surface area (TPSA) is 96.5 Å². The van der Waals surface area contributed by atoms with Gasteiger partial charge in [-0.3, -0.25) is 25.2 Å². The number of nitrogens with one attached hydrogen (secondary N) is 3. The quantitative estimate of drug-likeness (QED) is 0.395. The summed E-state index contributed by atoms with van der Waals surface area (Å²) in [5, 5.41) is 2.76. The molecule has 7 nitrogen and oxygen atoms in total. The maximum absolute atomic E-state index is 12.2. The number of anilines is 1. The van der Waals surface area contributed by atoms with Gasteiger partial charge < -0.3 is 10.1 Å². The highest BCUT2D eigenvalue weighted by Crippen LogP contribution is 2.15. The Bertz CT molecular complexity index is 894. The summed E-state index contributed by atoms with van der Waals surface area (Å²) >= 11 is 0. The normalized spacial score (nSPS) is 10.3. The number of hydrogen-bond acceptors (Lipinski definition) is 4. The Morgan fingerprint density at radius 3 is 2.23 bits per heavy atom. The lowest BCUT2D eigenvalue weighted by atomic mass is 10.1. The van der Waals surface area contributed by atoms with E-state index in [0.717, 1.165) is 30.4 Å². The Balaban J connectivity index is 1.69. The summed E-state index contributed by atoms with van der Waals surface area (Å²) in [5.41, 5.74) is 7.99. The Labute approximate surface area is 183 Å². The van der Waals surface area contributed by atoms with Crippen molar-refractivity contribution in [3.8, 4) is 5.75 Å². The van der Waals surface area contributed by atoms with Crippen molar-refractivity contribution >= 4 is 23.4 Å². The molecule has 2 rings (SSSR count). The number of ether oxygens (including phenoxy) is 1. The van der Waals surface area contributed by atoms with Crippen LogP contribution in [0.4, 0.5) is 5.69 Å². The van der Waals surface area contributed by atoms with Crippen molar-refractivity contribution in [1.29, 1.82) is 0 Å². The van der Waals surface area contributed by atoms with Crippen LogP contribution in [0, 0.1) is 13.8 Å². The van der Waals surface area contributed by atoms with E-state index in [4.69, 9.17) is 4.74 Å². The van der Waals surface area contributed by atoms with Crippen molar-refractivity contribution in [2.75, 3.05) is 11.9 Å². The molecule has 0 aliphatic carbocycles. The molecule has 0 fully saturated rings. The smallest absolute Gasteiger partial charge is 0.269 e. The minimum Gasteiger partial charge on any atom is -0.494 e. The number of benzene rings is 2. The molecule has 0 saturated carbocycles. The minimum absolute atomic E-state index is 0.0126. The van der Waals surface area contributed by atoms with Crippen LogP contribution in [0.2, 0.25) is 0 Å². The Kier molecular flexibility index (Phi) is 9.55. The molecule has 0 bridgehead atoms. The largest absolute Gasteiger partial charge is 0.494 e. The second-order valence-electron chi connectivity index (χ2n) is 7.43. The van der Waals surface area contributed by atoms with Crippen molar-refractivity contribution in [3.05, 3.63) is 59.2 Å². The molecule has 0 aliphatic rings. The van der Waals surface area contributed by atoms with E-state index in [1.54, 1.807) is 24.3 Å². The van der Waals surface area contributed by atoms with E-state index in [1.807, 2.05) is 32.0 Å². The van der Waals surface area contributed by atoms with Gasteiger partial charge >= 0.3 is 0 Å². The first kappa shape index (κ1) is 23.9. The summed E-state index contributed by atoms with van der Waals surface area (Å²) in [6, 6.07) is 12.3. The van der Waals surface area contributed by atoms with Crippen molar-refractivity contribution in [3.63, 3.8) is 0 Å². The van der Waals surface area contributed by atoms with E-state index in [2.05, 4.69) is 23.1 Å². The Morgan fingerprint density at radius 2 is 1.55 bits per heavy atom. The first-order chi connectivity index (χ1) is 14.9. The fourth-order valence-corrected chi connectivity index (χ4v) is 2.78. The van der Waals surface area contributed by atoms with Crippen LogP contribution in [0.5, 0.6) is 5.75 Å². The van der Waals surface area contributed by atoms with Crippen LogP contribution in [0.3, 0.4) is 0 Å². The molecule has 2 aromatic rings. The molecule has 3 amide bonds. The number of carbonyl (C=O) groups excluding carboxylic acids is 3. The van der Waals surface area contributed by atoms with Gasteiger partial charge in [-0.15, -0.1) is 0 Å². The number of aryl methyl sites for hydroxylation is 2. The molecule has 0 unspecified atom stereocenters. The lowest BCUT2D eigenvalue weighted by molar-refractivity contribution is -0.124. The molecule has 3 N–H and O–H groups in total. The summed E-state index contributed by atoms with van der Waals surface area (Å²) in [7, 11) is 0. The summed E-state index contributed by atoms with van der Waals surface area (Å²) in [4.78, 5) is 36.1. The first-order valence-corrected chi connectivity index (χ1v) is 10.6. The van der Waals surface area contributed by atoms with Gasteiger partial charge in [-0.05, 0) is 67.8 Å². The average molecular weight is 426 g/mol. The standard InChI is InChI=1S/C24H31N3O4/c1-4-5-6-15-31-21-11-8-19(9-12-21)24(30)27-26-23(29)14-13-22(28)25-20-10-7-17(2)18(3)16-20/h7-12,16H,4-6,13-15H2,1-3H3,(H,25,28)(H,26,29)(H,27,30). The van der Waals surface area contributed by atoms with Crippen molar-refractivity contribution in [1.82, 2.24) is 10.9 Å². The summed E-state index contributed by atoms with van der Waals surface area (Å²) < 4.78 is 5.61. The molecule has 0 aliphatic heterocycles. The molecule has 0 heterocycles. The van der Waals surface area contributed by atoms with Crippen LogP contribution in [0.1, 0.15) is 60.5 Å². The molecular formula is C24H31N3O4. The molecule has 0 saturated heterocycles. The summed E-state index contributed by atoms with van der Waals surface area (Å²) in [6.45, 7) is 6.74. The minimum atomic E-state index is -0.445. The Hall–Kier alpha value is -3.35. The molecule has 0 spiro atoms. The van der Waals surface area contributed by atoms with Crippen LogP contribution in [-0.2, 0) is 9.59 Å². The van der Waals surface area contributed by atoms with Gasteiger partial charge in [-0.25, -0.2) is 0 Å². The van der Waals surface area contributed by atoms with Gasteiger partial charge in [0, 0.05) is 24.1 Å². The lowest BCUT2D eigenvalue weighted by Gasteiger charge is -2.10.